The second-order valence-electron chi connectivity index (χ2n) is 38.0. The van der Waals surface area contributed by atoms with Crippen molar-refractivity contribution in [2.45, 2.75) is 65.1 Å². The zero-order valence-electron chi connectivity index (χ0n) is 80.8. The summed E-state index contributed by atoms with van der Waals surface area (Å²) in [4.78, 5) is 117. The van der Waals surface area contributed by atoms with E-state index in [-0.39, 0.29) is 113 Å². The number of carbonyl (C=O) groups excluding carboxylic acids is 6. The summed E-state index contributed by atoms with van der Waals surface area (Å²) in [6, 6.07) is 59.5. The van der Waals surface area contributed by atoms with Crippen LogP contribution in [-0.2, 0) is 58.3 Å². The van der Waals surface area contributed by atoms with Crippen LogP contribution in [0.3, 0.4) is 0 Å². The van der Waals surface area contributed by atoms with Crippen LogP contribution in [0.25, 0.3) is 112 Å². The van der Waals surface area contributed by atoms with Crippen molar-refractivity contribution in [2.24, 2.45) is 0 Å². The Labute approximate surface area is 849 Å². The van der Waals surface area contributed by atoms with Gasteiger partial charge < -0.3 is 30.7 Å². The highest BCUT2D eigenvalue weighted by atomic mass is 32.2. The van der Waals surface area contributed by atoms with E-state index in [0.717, 1.165) is 59.4 Å². The van der Waals surface area contributed by atoms with Crippen LogP contribution in [0.4, 0.5) is 34.6 Å². The number of H-pyrrole nitrogens is 3. The molecule has 21 rings (SSSR count). The molecule has 3 atom stereocenters. The van der Waals surface area contributed by atoms with Gasteiger partial charge in [0.1, 0.15) is 23.3 Å². The number of likely N-dealkylation sites (tertiary alicyclic amines) is 4. The van der Waals surface area contributed by atoms with Crippen LogP contribution in [0.5, 0.6) is 0 Å². The van der Waals surface area contributed by atoms with E-state index < -0.39 is 67.3 Å². The minimum atomic E-state index is -3.91. The van der Waals surface area contributed by atoms with Gasteiger partial charge in [-0.05, 0) is 225 Å². The molecule has 0 bridgehead atoms. The summed E-state index contributed by atoms with van der Waals surface area (Å²) < 4.78 is 130. The molecule has 4 fully saturated rings. The van der Waals surface area contributed by atoms with Gasteiger partial charge in [0.2, 0.25) is 35.4 Å². The van der Waals surface area contributed by atoms with Gasteiger partial charge in [0.05, 0.1) is 53.3 Å². The smallest absolute Gasteiger partial charge is 0.247 e. The van der Waals surface area contributed by atoms with Crippen LogP contribution in [0.1, 0.15) is 67.6 Å². The lowest BCUT2D eigenvalue weighted by molar-refractivity contribution is -0.133. The lowest BCUT2D eigenvalue weighted by atomic mass is 9.89. The fourth-order valence-electron chi connectivity index (χ4n) is 20.1. The molecule has 148 heavy (non-hydrogen) atoms. The number of aromatic nitrogens is 12. The first-order valence-electron chi connectivity index (χ1n) is 48.2. The summed E-state index contributed by atoms with van der Waals surface area (Å²) in [5.74, 6) is -1.76. The van der Waals surface area contributed by atoms with Crippen molar-refractivity contribution in [3.63, 3.8) is 0 Å². The van der Waals surface area contributed by atoms with Crippen molar-refractivity contribution in [1.82, 2.24) is 89.9 Å². The molecule has 6 amide bonds. The minimum Gasteiger partial charge on any atom is -0.342 e. The topological polar surface area (TPSA) is 424 Å². The number of nitrogens with one attached hydrogen (secondary N) is 6. The van der Waals surface area contributed by atoms with Crippen LogP contribution in [0.2, 0.25) is 0 Å². The van der Waals surface area contributed by atoms with Crippen molar-refractivity contribution in [3.8, 4) is 67.9 Å². The molecule has 40 heteroatoms. The molecule has 6 N–H and O–H groups in total. The summed E-state index contributed by atoms with van der Waals surface area (Å²) in [6.45, 7) is 3.35. The van der Waals surface area contributed by atoms with Gasteiger partial charge in [-0.1, -0.05) is 72.8 Å². The first-order chi connectivity index (χ1) is 71.2. The SMILES string of the molecule is CS(=O)(=O)[C@@]1(C(=O)Nc2ccc3[nH]nc(-c4ccc(F)cc4)c3c2)CCN(CC(=O)N2CC=C(c3ccc(-c4ncccn4)cc3)CC2)C1.CS(=O)(=O)[C@@]1(C(=O)Nc2ccc3[nH]nc(-c4ccc(F)cc4)c3c2)CCN(CC(=O)N2CC=C(c3ccc(-c4ncccn4)cc3F)CC2)C1.CS(=O)(=O)[C@@]1(C(=O)Nc2ccc3[nH]nc(-c4ccc(F)cc4)c3c2)CCN(CC(=O)N2CCC(c3ccc(-c4ncccn4)cc3)CC2)C1. The monoisotopic (exact) mass is 2060 g/mol. The van der Waals surface area contributed by atoms with Crippen LogP contribution in [-0.4, -0.2) is 282 Å². The minimum absolute atomic E-state index is 0.0154. The third-order valence-corrected chi connectivity index (χ3v) is 34.4. The Kier molecular flexibility index (Phi) is 29.0. The van der Waals surface area contributed by atoms with E-state index in [2.05, 4.69) is 88.6 Å². The van der Waals surface area contributed by atoms with Gasteiger partial charge in [-0.25, -0.2) is 72.7 Å². The van der Waals surface area contributed by atoms with Gasteiger partial charge in [0.25, 0.3) is 0 Å². The van der Waals surface area contributed by atoms with Gasteiger partial charge in [0, 0.05) is 207 Å². The number of aromatic amines is 3. The van der Waals surface area contributed by atoms with Crippen molar-refractivity contribution < 1.29 is 71.6 Å². The number of halogens is 4. The molecule has 0 spiro atoms. The fraction of sp³-hybridized carbons (Fsp3) is 0.269. The van der Waals surface area contributed by atoms with Crippen LogP contribution in [0.15, 0.2) is 262 Å². The lowest BCUT2D eigenvalue weighted by Crippen LogP contribution is -2.52. The Morgan fingerprint density at radius 2 is 0.676 bits per heavy atom. The lowest BCUT2D eigenvalue weighted by Gasteiger charge is -2.33. The normalized spacial score (nSPS) is 18.5. The van der Waals surface area contributed by atoms with E-state index in [1.54, 1.807) is 183 Å². The van der Waals surface area contributed by atoms with E-state index in [1.165, 1.54) is 48.0 Å². The summed E-state index contributed by atoms with van der Waals surface area (Å²) >= 11 is 0. The van der Waals surface area contributed by atoms with Crippen molar-refractivity contribution >= 4 is 126 Å². The van der Waals surface area contributed by atoms with Crippen LogP contribution in [0, 0.1) is 23.3 Å². The van der Waals surface area contributed by atoms with E-state index in [0.29, 0.717) is 170 Å². The maximum atomic E-state index is 15.1. The van der Waals surface area contributed by atoms with Crippen molar-refractivity contribution in [1.29, 1.82) is 0 Å². The van der Waals surface area contributed by atoms with Gasteiger partial charge in [-0.15, -0.1) is 0 Å². The third-order valence-electron chi connectivity index (χ3n) is 28.6. The Morgan fingerprint density at radius 3 is 1.01 bits per heavy atom. The molecule has 12 heterocycles. The highest BCUT2D eigenvalue weighted by molar-refractivity contribution is 7.93. The Balaban J connectivity index is 0.000000140. The molecule has 4 saturated heterocycles. The van der Waals surface area contributed by atoms with Gasteiger partial charge in [-0.2, -0.15) is 15.3 Å². The first kappa shape index (κ1) is 101. The van der Waals surface area contributed by atoms with Gasteiger partial charge in [-0.3, -0.25) is 58.8 Å². The average molecular weight is 2060 g/mol. The molecule has 0 saturated carbocycles. The molecule has 0 aliphatic carbocycles. The van der Waals surface area contributed by atoms with Crippen molar-refractivity contribution in [3.05, 3.63) is 302 Å². The van der Waals surface area contributed by atoms with E-state index in [9.17, 15) is 67.2 Å². The molecule has 758 valence electrons. The number of rotatable bonds is 24. The average Bonchev–Trinajstić information content (AvgIpc) is 1.60. The molecule has 0 unspecified atom stereocenters. The number of sulfone groups is 3. The summed E-state index contributed by atoms with van der Waals surface area (Å²) in [5, 5.41) is 32.3. The molecule has 15 aromatic rings. The highest BCUT2D eigenvalue weighted by Crippen LogP contribution is 2.41. The summed E-state index contributed by atoms with van der Waals surface area (Å²) in [6.07, 6.45) is 20.1. The number of amides is 6. The number of fused-ring (bicyclic) bond motifs is 3. The third kappa shape index (κ3) is 21.7. The maximum absolute atomic E-state index is 15.1. The number of carbonyl (C=O) groups is 6. The number of anilines is 3. The molecule has 6 aliphatic rings. The number of piperidine rings is 1. The second kappa shape index (κ2) is 42.4. The quantitative estimate of drug-likeness (QED) is 0.0306. The van der Waals surface area contributed by atoms with E-state index >= 15 is 4.39 Å². The summed E-state index contributed by atoms with van der Waals surface area (Å²) in [5.41, 5.74) is 14.2. The molecular formula is C108H103F4N21O12S3. The van der Waals surface area contributed by atoms with E-state index in [1.807, 2.05) is 53.5 Å². The molecule has 6 aromatic heterocycles. The van der Waals surface area contributed by atoms with Crippen LogP contribution < -0.4 is 16.0 Å². The standard InChI is InChI=1S/C36H33F2N7O4S.C36H36FN7O4S.C36H34FN7O4S/c1-50(48,49)36(35(47)41-27-8-10-31-29(20-27)33(43-42-31)24-3-6-26(37)7-4-24)13-18-44(22-36)21-32(46)45-16-11-23(12-17-45)28-9-5-25(19-30(28)38)34-39-14-2-15-40-34;2*1-49(47,48)36(35(46)40-29-11-12-31-30(21-29)33(42-41-31)26-7-9-28(37)10-8-26)15-20-43(23-36)22-32(45)44-18-13-25(14-19-44)24-3-5-27(6-4-24)34-38-16-2-17-39-34/h2-11,14-15,19-20H,12-13,16-18,21-22H2,1H3,(H,41,47)(H,42,43);2-12,16-17,21,25H,13-15,18-20,22-23H2,1H3,(H,40,46)(H,41,42);2-13,16-17,21H,14-15,18-20,22-23H2,1H3,(H,40,46)(H,41,42)/t3*36-/m000/s1. The van der Waals surface area contributed by atoms with Crippen LogP contribution >= 0.6 is 0 Å². The number of hydrogen-bond acceptors (Lipinski definition) is 24. The van der Waals surface area contributed by atoms with Crippen molar-refractivity contribution in [2.75, 3.05) is 133 Å². The number of nitrogens with zero attached hydrogens (tertiary/aromatic N) is 15. The zero-order valence-corrected chi connectivity index (χ0v) is 83.3. The molecule has 33 nitrogen and oxygen atoms in total. The molecule has 9 aromatic carbocycles. The Morgan fingerprint density at radius 1 is 0.358 bits per heavy atom. The fourth-order valence-corrected chi connectivity index (χ4v) is 23.9. The van der Waals surface area contributed by atoms with Gasteiger partial charge in [0.15, 0.2) is 61.2 Å². The van der Waals surface area contributed by atoms with Gasteiger partial charge >= 0.3 is 0 Å². The predicted octanol–water partition coefficient (Wildman–Crippen LogP) is 13.9. The second-order valence-corrected chi connectivity index (χ2v) is 44.9. The Bertz CT molecular complexity index is 8000. The molecule has 6 aliphatic heterocycles. The van der Waals surface area contributed by atoms with E-state index in [4.69, 9.17) is 0 Å². The Hall–Kier alpha value is -15.6. The molecule has 0 radical (unpaired) electrons. The zero-order chi connectivity index (χ0) is 103. The highest BCUT2D eigenvalue weighted by Gasteiger charge is 2.56. The maximum Gasteiger partial charge on any atom is 0.247 e. The first-order valence-corrected chi connectivity index (χ1v) is 53.8. The largest absolute Gasteiger partial charge is 0.342 e. The number of benzene rings is 9. The summed E-state index contributed by atoms with van der Waals surface area (Å²) in [7, 11) is -11.6. The predicted molar refractivity (Wildman–Crippen MR) is 556 cm³/mol. The molecular weight excluding hydrogens is 1960 g/mol. The number of hydrogen-bond donors (Lipinski definition) is 6.